The number of carbonyl (C=O) groups is 1. The maximum absolute atomic E-state index is 10.9. The standard InChI is InChI=1S/C7H4Cl2O3.2Na/c8-4-1-3(7(11)12)2-5(9)6(4)10;;/h1-2,10H,(H,11,12);;/q;2*+1/p-2. The first-order valence-electron chi connectivity index (χ1n) is 2.90. The van der Waals surface area contributed by atoms with Gasteiger partial charge in [-0.1, -0.05) is 29.0 Å². The average Bonchev–Trinajstić information content (AvgIpc) is 1.99. The van der Waals surface area contributed by atoms with Gasteiger partial charge in [0.1, 0.15) is 0 Å². The largest absolute Gasteiger partial charge is 1.00 e. The zero-order valence-electron chi connectivity index (χ0n) is 7.64. The van der Waals surface area contributed by atoms with E-state index in [-0.39, 0.29) is 74.7 Å². The van der Waals surface area contributed by atoms with E-state index in [1.54, 1.807) is 0 Å². The van der Waals surface area contributed by atoms with E-state index in [4.69, 9.17) is 23.2 Å². The summed E-state index contributed by atoms with van der Waals surface area (Å²) >= 11 is 10.8. The molecule has 0 spiro atoms. The van der Waals surface area contributed by atoms with Crippen molar-refractivity contribution in [1.29, 1.82) is 0 Å². The van der Waals surface area contributed by atoms with Crippen molar-refractivity contribution in [3.63, 3.8) is 0 Å². The van der Waals surface area contributed by atoms with Crippen LogP contribution in [0.5, 0.6) is 5.75 Å². The fourth-order valence-corrected chi connectivity index (χ4v) is 1.16. The van der Waals surface area contributed by atoms with E-state index in [1.807, 2.05) is 0 Å². The molecule has 7 heteroatoms. The normalized spacial score (nSPS) is 8.43. The van der Waals surface area contributed by atoms with Crippen molar-refractivity contribution in [3.8, 4) is 5.75 Å². The topological polar surface area (TPSA) is 63.2 Å². The molecule has 3 nitrogen and oxygen atoms in total. The van der Waals surface area contributed by atoms with Gasteiger partial charge in [-0.3, -0.25) is 0 Å². The van der Waals surface area contributed by atoms with Gasteiger partial charge in [0.05, 0.1) is 5.97 Å². The molecule has 0 saturated heterocycles. The first-order chi connectivity index (χ1) is 5.52. The number of carbonyl (C=O) groups excluding carboxylic acids is 1. The number of hydrogen-bond acceptors (Lipinski definition) is 3. The number of benzene rings is 1. The van der Waals surface area contributed by atoms with Crippen molar-refractivity contribution in [1.82, 2.24) is 0 Å². The molecule has 0 aliphatic rings. The summed E-state index contributed by atoms with van der Waals surface area (Å²) in [6.07, 6.45) is 0. The van der Waals surface area contributed by atoms with Crippen LogP contribution < -0.4 is 69.3 Å². The minimum Gasteiger partial charge on any atom is -0.870 e. The predicted octanol–water partition coefficient (Wildman–Crippen LogP) is -5.56. The van der Waals surface area contributed by atoms with Crippen LogP contribution in [0, 0.1) is 0 Å². The Kier molecular flexibility index (Phi) is 9.18. The van der Waals surface area contributed by atoms with Crippen LogP contribution in [0.3, 0.4) is 0 Å². The van der Waals surface area contributed by atoms with E-state index < -0.39 is 11.7 Å². The van der Waals surface area contributed by atoms with Gasteiger partial charge in [0.2, 0.25) is 0 Å². The summed E-state index contributed by atoms with van der Waals surface area (Å²) in [7, 11) is 0. The Hall–Kier alpha value is 1.07. The predicted molar refractivity (Wildman–Crippen MR) is 40.2 cm³/mol. The van der Waals surface area contributed by atoms with Gasteiger partial charge in [-0.05, 0) is 12.1 Å². The van der Waals surface area contributed by atoms with Crippen LogP contribution in [0.4, 0.5) is 0 Å². The number of halogens is 2. The molecule has 1 rings (SSSR count). The SMILES string of the molecule is O=C([O-])c1cc(Cl)c([O-])c(Cl)c1.[Na+].[Na+]. The van der Waals surface area contributed by atoms with Crippen molar-refractivity contribution in [2.45, 2.75) is 0 Å². The number of carboxylic acid groups (broad SMARTS) is 1. The molecule has 0 N–H and O–H groups in total. The minimum atomic E-state index is -1.42. The smallest absolute Gasteiger partial charge is 0.870 e. The van der Waals surface area contributed by atoms with Crippen molar-refractivity contribution in [3.05, 3.63) is 27.7 Å². The third-order valence-corrected chi connectivity index (χ3v) is 1.80. The Balaban J connectivity index is 0. The first-order valence-corrected chi connectivity index (χ1v) is 3.65. The first kappa shape index (κ1) is 17.5. The van der Waals surface area contributed by atoms with Gasteiger partial charge < -0.3 is 15.0 Å². The summed E-state index contributed by atoms with van der Waals surface area (Å²) in [5.41, 5.74) is -0.204. The zero-order chi connectivity index (χ0) is 9.30. The van der Waals surface area contributed by atoms with Gasteiger partial charge in [-0.25, -0.2) is 0 Å². The summed E-state index contributed by atoms with van der Waals surface area (Å²) < 4.78 is 0. The second-order valence-corrected chi connectivity index (χ2v) is 2.87. The fourth-order valence-electron chi connectivity index (χ4n) is 0.678. The molecule has 0 atom stereocenters. The van der Waals surface area contributed by atoms with Gasteiger partial charge in [-0.2, -0.15) is 0 Å². The van der Waals surface area contributed by atoms with Crippen molar-refractivity contribution in [2.75, 3.05) is 0 Å². The van der Waals surface area contributed by atoms with Crippen LogP contribution in [0.2, 0.25) is 10.0 Å². The monoisotopic (exact) mass is 250 g/mol. The minimum absolute atomic E-state index is 0. The molecule has 0 saturated carbocycles. The van der Waals surface area contributed by atoms with E-state index in [1.165, 1.54) is 0 Å². The van der Waals surface area contributed by atoms with E-state index >= 15 is 0 Å². The van der Waals surface area contributed by atoms with E-state index in [0.29, 0.717) is 0 Å². The molecule has 14 heavy (non-hydrogen) atoms. The second kappa shape index (κ2) is 7.36. The second-order valence-electron chi connectivity index (χ2n) is 2.06. The molecule has 64 valence electrons. The Bertz CT molecular complexity index is 321. The maximum Gasteiger partial charge on any atom is 1.00 e. The number of aromatic carboxylic acids is 1. The van der Waals surface area contributed by atoms with Gasteiger partial charge in [0.15, 0.2) is 0 Å². The molecule has 0 aliphatic carbocycles. The molecule has 0 aromatic heterocycles. The summed E-state index contributed by atoms with van der Waals surface area (Å²) in [5, 5.41) is 20.7. The van der Waals surface area contributed by atoms with Gasteiger partial charge in [0, 0.05) is 15.6 Å². The summed E-state index contributed by atoms with van der Waals surface area (Å²) in [4.78, 5) is 10.3. The Labute approximate surface area is 135 Å². The summed E-state index contributed by atoms with van der Waals surface area (Å²) in [6.45, 7) is 0. The van der Waals surface area contributed by atoms with Gasteiger partial charge in [-0.15, -0.1) is 0 Å². The quantitative estimate of drug-likeness (QED) is 0.467. The molecule has 1 aromatic rings. The molecule has 0 amide bonds. The number of rotatable bonds is 1. The molecule has 0 radical (unpaired) electrons. The van der Waals surface area contributed by atoms with E-state index in [2.05, 4.69) is 0 Å². The van der Waals surface area contributed by atoms with Crippen LogP contribution in [-0.2, 0) is 0 Å². The van der Waals surface area contributed by atoms with Crippen LogP contribution in [-0.4, -0.2) is 5.97 Å². The Morgan fingerprint density at radius 2 is 1.50 bits per heavy atom. The van der Waals surface area contributed by atoms with Gasteiger partial charge >= 0.3 is 59.1 Å². The number of hydrogen-bond donors (Lipinski definition) is 0. The zero-order valence-corrected chi connectivity index (χ0v) is 13.1. The average molecular weight is 251 g/mol. The van der Waals surface area contributed by atoms with Crippen LogP contribution >= 0.6 is 23.2 Å². The van der Waals surface area contributed by atoms with Crippen molar-refractivity contribution >= 4 is 29.2 Å². The third-order valence-electron chi connectivity index (χ3n) is 1.23. The van der Waals surface area contributed by atoms with Crippen molar-refractivity contribution < 1.29 is 74.1 Å². The van der Waals surface area contributed by atoms with Crippen molar-refractivity contribution in [2.24, 2.45) is 0 Å². The molecule has 0 heterocycles. The molecular weight excluding hydrogens is 249 g/mol. The Morgan fingerprint density at radius 1 is 1.14 bits per heavy atom. The Morgan fingerprint density at radius 3 is 1.79 bits per heavy atom. The summed E-state index contributed by atoms with van der Waals surface area (Å²) in [6, 6.07) is 2.01. The molecule has 0 fully saturated rings. The molecular formula is C7H2Cl2Na2O3. The molecule has 0 aliphatic heterocycles. The maximum atomic E-state index is 10.9. The van der Waals surface area contributed by atoms with Crippen LogP contribution in [0.15, 0.2) is 12.1 Å². The molecule has 1 aromatic carbocycles. The molecule has 0 bridgehead atoms. The fraction of sp³-hybridized carbons (Fsp3) is 0. The summed E-state index contributed by atoms with van der Waals surface area (Å²) in [5.74, 6) is -2.00. The van der Waals surface area contributed by atoms with E-state index in [9.17, 15) is 15.0 Å². The number of carboxylic acids is 1. The molecule has 0 unspecified atom stereocenters. The van der Waals surface area contributed by atoms with Gasteiger partial charge in [0.25, 0.3) is 0 Å². The van der Waals surface area contributed by atoms with Crippen LogP contribution in [0.1, 0.15) is 10.4 Å². The third kappa shape index (κ3) is 4.29. The van der Waals surface area contributed by atoms with E-state index in [0.717, 1.165) is 12.1 Å². The van der Waals surface area contributed by atoms with Crippen LogP contribution in [0.25, 0.3) is 0 Å².